The molecule has 1 saturated carbocycles. The van der Waals surface area contributed by atoms with Gasteiger partial charge in [0.05, 0.1) is 17.8 Å². The van der Waals surface area contributed by atoms with Gasteiger partial charge in [-0.15, -0.1) is 0 Å². The fourth-order valence-corrected chi connectivity index (χ4v) is 3.22. The van der Waals surface area contributed by atoms with E-state index in [0.717, 1.165) is 22.5 Å². The third-order valence-corrected chi connectivity index (χ3v) is 4.87. The smallest absolute Gasteiger partial charge is 0.232 e. The SMILES string of the molecule is Cc1cc(Cl)cc(-n2cc([C@@H](C)C(=O)Nc3cc(C4CC4)[nH]n3)cn2)c1. The maximum absolute atomic E-state index is 12.5. The van der Waals surface area contributed by atoms with Crippen LogP contribution >= 0.6 is 11.6 Å². The molecule has 0 saturated heterocycles. The number of hydrogen-bond donors (Lipinski definition) is 2. The number of aromatic amines is 1. The number of halogens is 1. The van der Waals surface area contributed by atoms with Gasteiger partial charge in [-0.05, 0) is 50.5 Å². The van der Waals surface area contributed by atoms with Crippen molar-refractivity contribution in [2.24, 2.45) is 0 Å². The normalized spacial score (nSPS) is 15.0. The first-order valence-corrected chi connectivity index (χ1v) is 9.05. The molecule has 4 rings (SSSR count). The van der Waals surface area contributed by atoms with Crippen LogP contribution in [0.5, 0.6) is 0 Å². The third kappa shape index (κ3) is 3.51. The number of carbonyl (C=O) groups excluding carboxylic acids is 1. The number of nitrogens with zero attached hydrogens (tertiary/aromatic N) is 3. The number of H-pyrrole nitrogens is 1. The summed E-state index contributed by atoms with van der Waals surface area (Å²) in [7, 11) is 0. The monoisotopic (exact) mass is 369 g/mol. The first kappa shape index (κ1) is 16.8. The van der Waals surface area contributed by atoms with Gasteiger partial charge < -0.3 is 5.32 Å². The Bertz CT molecular complexity index is 936. The fraction of sp³-hybridized carbons (Fsp3) is 0.316. The Morgan fingerprint density at radius 3 is 2.88 bits per heavy atom. The van der Waals surface area contributed by atoms with Crippen LogP contribution in [0.2, 0.25) is 5.02 Å². The average molecular weight is 370 g/mol. The van der Waals surface area contributed by atoms with E-state index in [1.807, 2.05) is 44.3 Å². The number of aromatic nitrogens is 4. The molecular weight excluding hydrogens is 350 g/mol. The van der Waals surface area contributed by atoms with E-state index < -0.39 is 0 Å². The second-order valence-corrected chi connectivity index (χ2v) is 7.34. The topological polar surface area (TPSA) is 75.6 Å². The highest BCUT2D eigenvalue weighted by molar-refractivity contribution is 6.30. The van der Waals surface area contributed by atoms with E-state index >= 15 is 0 Å². The molecule has 2 heterocycles. The quantitative estimate of drug-likeness (QED) is 0.708. The number of nitrogens with one attached hydrogen (secondary N) is 2. The average Bonchev–Trinajstić information content (AvgIpc) is 3.15. The largest absolute Gasteiger partial charge is 0.309 e. The van der Waals surface area contributed by atoms with Gasteiger partial charge in [0.25, 0.3) is 0 Å². The molecule has 1 amide bonds. The molecule has 1 atom stereocenters. The van der Waals surface area contributed by atoms with Crippen molar-refractivity contribution < 1.29 is 4.79 Å². The van der Waals surface area contributed by atoms with Crippen LogP contribution < -0.4 is 5.32 Å². The predicted octanol–water partition coefficient (Wildman–Crippen LogP) is 4.18. The lowest BCUT2D eigenvalue weighted by Crippen LogP contribution is -2.18. The van der Waals surface area contributed by atoms with Gasteiger partial charge >= 0.3 is 0 Å². The number of carbonyl (C=O) groups is 1. The molecule has 134 valence electrons. The summed E-state index contributed by atoms with van der Waals surface area (Å²) in [4.78, 5) is 12.5. The second kappa shape index (κ2) is 6.61. The number of benzene rings is 1. The minimum absolute atomic E-state index is 0.110. The van der Waals surface area contributed by atoms with E-state index in [-0.39, 0.29) is 11.8 Å². The predicted molar refractivity (Wildman–Crippen MR) is 101 cm³/mol. The van der Waals surface area contributed by atoms with Crippen LogP contribution in [0, 0.1) is 6.92 Å². The minimum atomic E-state index is -0.342. The summed E-state index contributed by atoms with van der Waals surface area (Å²) in [6, 6.07) is 7.65. The maximum Gasteiger partial charge on any atom is 0.232 e. The maximum atomic E-state index is 12.5. The summed E-state index contributed by atoms with van der Waals surface area (Å²) in [5.41, 5.74) is 3.85. The fourth-order valence-electron chi connectivity index (χ4n) is 2.94. The van der Waals surface area contributed by atoms with Crippen molar-refractivity contribution in [3.05, 3.63) is 58.5 Å². The van der Waals surface area contributed by atoms with Gasteiger partial charge in [0.1, 0.15) is 0 Å². The van der Waals surface area contributed by atoms with E-state index in [1.165, 1.54) is 12.8 Å². The van der Waals surface area contributed by atoms with Crippen LogP contribution in [-0.2, 0) is 4.79 Å². The summed E-state index contributed by atoms with van der Waals surface area (Å²) in [6.07, 6.45) is 5.94. The first-order valence-electron chi connectivity index (χ1n) is 8.68. The van der Waals surface area contributed by atoms with Gasteiger partial charge in [0.15, 0.2) is 5.82 Å². The molecule has 1 aromatic carbocycles. The molecule has 7 heteroatoms. The van der Waals surface area contributed by atoms with Crippen molar-refractivity contribution in [1.82, 2.24) is 20.0 Å². The minimum Gasteiger partial charge on any atom is -0.309 e. The highest BCUT2D eigenvalue weighted by Gasteiger charge is 2.26. The van der Waals surface area contributed by atoms with Crippen LogP contribution in [0.4, 0.5) is 5.82 Å². The zero-order chi connectivity index (χ0) is 18.3. The van der Waals surface area contributed by atoms with Gasteiger partial charge in [-0.2, -0.15) is 10.2 Å². The Labute approximate surface area is 156 Å². The Balaban J connectivity index is 1.47. The number of hydrogen-bond acceptors (Lipinski definition) is 3. The van der Waals surface area contributed by atoms with Gasteiger partial charge in [0.2, 0.25) is 5.91 Å². The van der Waals surface area contributed by atoms with Crippen LogP contribution in [0.15, 0.2) is 36.7 Å². The summed E-state index contributed by atoms with van der Waals surface area (Å²) in [5.74, 6) is 0.692. The summed E-state index contributed by atoms with van der Waals surface area (Å²) >= 11 is 6.12. The molecule has 1 fully saturated rings. The summed E-state index contributed by atoms with van der Waals surface area (Å²) < 4.78 is 1.73. The molecular formula is C19H20ClN5O. The second-order valence-electron chi connectivity index (χ2n) is 6.90. The third-order valence-electron chi connectivity index (χ3n) is 4.65. The molecule has 0 aliphatic heterocycles. The Morgan fingerprint density at radius 1 is 1.35 bits per heavy atom. The molecule has 2 N–H and O–H groups in total. The molecule has 3 aromatic rings. The molecule has 6 nitrogen and oxygen atoms in total. The summed E-state index contributed by atoms with van der Waals surface area (Å²) in [6.45, 7) is 3.84. The van der Waals surface area contributed by atoms with Crippen molar-refractivity contribution in [1.29, 1.82) is 0 Å². The van der Waals surface area contributed by atoms with Gasteiger partial charge in [0, 0.05) is 34.5 Å². The Morgan fingerprint density at radius 2 is 2.15 bits per heavy atom. The van der Waals surface area contributed by atoms with Crippen molar-refractivity contribution >= 4 is 23.3 Å². The summed E-state index contributed by atoms with van der Waals surface area (Å²) in [5, 5.41) is 15.1. The van der Waals surface area contributed by atoms with Crippen LogP contribution in [0.3, 0.4) is 0 Å². The van der Waals surface area contributed by atoms with Crippen LogP contribution in [0.1, 0.15) is 48.4 Å². The molecule has 26 heavy (non-hydrogen) atoms. The van der Waals surface area contributed by atoms with Gasteiger partial charge in [-0.3, -0.25) is 9.89 Å². The lowest BCUT2D eigenvalue weighted by molar-refractivity contribution is -0.117. The highest BCUT2D eigenvalue weighted by Crippen LogP contribution is 2.39. The molecule has 1 aliphatic rings. The van der Waals surface area contributed by atoms with Crippen LogP contribution in [-0.4, -0.2) is 25.9 Å². The van der Waals surface area contributed by atoms with Crippen molar-refractivity contribution in [2.45, 2.75) is 38.5 Å². The number of aryl methyl sites for hydroxylation is 1. The van der Waals surface area contributed by atoms with Gasteiger partial charge in [-0.25, -0.2) is 4.68 Å². The first-order chi connectivity index (χ1) is 12.5. The van der Waals surface area contributed by atoms with Crippen molar-refractivity contribution in [2.75, 3.05) is 5.32 Å². The van der Waals surface area contributed by atoms with Crippen molar-refractivity contribution in [3.63, 3.8) is 0 Å². The zero-order valence-electron chi connectivity index (χ0n) is 14.7. The number of anilines is 1. The van der Waals surface area contributed by atoms with Crippen molar-refractivity contribution in [3.8, 4) is 5.69 Å². The van der Waals surface area contributed by atoms with E-state index in [2.05, 4.69) is 20.6 Å². The standard InChI is InChI=1S/C19H20ClN5O/c1-11-5-15(20)7-16(6-11)25-10-14(9-21-25)12(2)19(26)22-18-8-17(23-24-18)13-3-4-13/h5-10,12-13H,3-4H2,1-2H3,(H2,22,23,24,26)/t12-/m1/s1. The van der Waals surface area contributed by atoms with Crippen LogP contribution in [0.25, 0.3) is 5.69 Å². The molecule has 2 aromatic heterocycles. The molecule has 0 unspecified atom stereocenters. The lowest BCUT2D eigenvalue weighted by atomic mass is 10.0. The van der Waals surface area contributed by atoms with E-state index in [9.17, 15) is 4.79 Å². The van der Waals surface area contributed by atoms with Gasteiger partial charge in [-0.1, -0.05) is 11.6 Å². The van der Waals surface area contributed by atoms with E-state index in [4.69, 9.17) is 11.6 Å². The molecule has 0 bridgehead atoms. The zero-order valence-corrected chi connectivity index (χ0v) is 15.4. The number of amides is 1. The number of rotatable bonds is 5. The Hall–Kier alpha value is -2.60. The lowest BCUT2D eigenvalue weighted by Gasteiger charge is -2.08. The highest BCUT2D eigenvalue weighted by atomic mass is 35.5. The molecule has 1 aliphatic carbocycles. The molecule has 0 spiro atoms. The molecule has 0 radical (unpaired) electrons. The van der Waals surface area contributed by atoms with E-state index in [1.54, 1.807) is 10.9 Å². The van der Waals surface area contributed by atoms with E-state index in [0.29, 0.717) is 16.8 Å². The Kier molecular flexibility index (Phi) is 4.28.